The Labute approximate surface area is 117 Å². The molecule has 0 atom stereocenters. The van der Waals surface area contributed by atoms with E-state index in [9.17, 15) is 0 Å². The summed E-state index contributed by atoms with van der Waals surface area (Å²) in [5.74, 6) is 0. The van der Waals surface area contributed by atoms with Crippen LogP contribution in [-0.2, 0) is 19.4 Å². The molecule has 0 radical (unpaired) electrons. The van der Waals surface area contributed by atoms with Crippen LogP contribution in [-0.4, -0.2) is 16.8 Å². The second kappa shape index (κ2) is 3.97. The van der Waals surface area contributed by atoms with Gasteiger partial charge in [-0.1, -0.05) is 17.7 Å². The smallest absolute Gasteiger partial charge is 0.0626 e. The molecule has 0 amide bonds. The van der Waals surface area contributed by atoms with E-state index in [0.717, 1.165) is 36.7 Å². The number of nitrogens with zero attached hydrogens (tertiary/aromatic N) is 2. The second-order valence-electron chi connectivity index (χ2n) is 5.32. The summed E-state index contributed by atoms with van der Waals surface area (Å²) in [6, 6.07) is 8.60. The lowest BCUT2D eigenvalue weighted by molar-refractivity contribution is 0.691. The highest BCUT2D eigenvalue weighted by atomic mass is 35.5. The maximum absolute atomic E-state index is 6.19. The van der Waals surface area contributed by atoms with Gasteiger partial charge in [-0.3, -0.25) is 4.99 Å². The Morgan fingerprint density at radius 2 is 2.00 bits per heavy atom. The van der Waals surface area contributed by atoms with Crippen LogP contribution in [0.5, 0.6) is 0 Å². The Morgan fingerprint density at radius 1 is 1.16 bits per heavy atom. The normalized spacial score (nSPS) is 16.4. The molecule has 1 aliphatic carbocycles. The highest BCUT2D eigenvalue weighted by Crippen LogP contribution is 2.38. The Hall–Kier alpha value is -1.54. The minimum absolute atomic E-state index is 0.823. The van der Waals surface area contributed by atoms with Crippen LogP contribution in [0.3, 0.4) is 0 Å². The van der Waals surface area contributed by atoms with Crippen molar-refractivity contribution in [1.29, 1.82) is 0 Å². The molecule has 2 nitrogen and oxygen atoms in total. The zero-order valence-electron chi connectivity index (χ0n) is 10.9. The van der Waals surface area contributed by atoms with Crippen molar-refractivity contribution in [3.63, 3.8) is 0 Å². The number of rotatable bonds is 0. The number of fused-ring (bicyclic) bond motifs is 5. The highest BCUT2D eigenvalue weighted by molar-refractivity contribution is 6.30. The minimum atomic E-state index is 0.823. The Balaban J connectivity index is 2.01. The Bertz CT molecular complexity index is 710. The molecule has 0 bridgehead atoms. The summed E-state index contributed by atoms with van der Waals surface area (Å²) in [6.07, 6.45) is 2.23. The lowest BCUT2D eigenvalue weighted by atomic mass is 9.90. The van der Waals surface area contributed by atoms with Gasteiger partial charge in [-0.2, -0.15) is 0 Å². The van der Waals surface area contributed by atoms with Crippen LogP contribution in [0.15, 0.2) is 29.3 Å². The van der Waals surface area contributed by atoms with Gasteiger partial charge < -0.3 is 4.57 Å². The number of halogens is 1. The summed E-state index contributed by atoms with van der Waals surface area (Å²) in [5, 5.41) is 0.823. The van der Waals surface area contributed by atoms with Gasteiger partial charge >= 0.3 is 0 Å². The molecule has 2 aromatic rings. The van der Waals surface area contributed by atoms with E-state index in [2.05, 4.69) is 34.7 Å². The van der Waals surface area contributed by atoms with Crippen LogP contribution in [0.2, 0.25) is 5.02 Å². The summed E-state index contributed by atoms with van der Waals surface area (Å²) in [6.45, 7) is 3.97. The molecule has 1 aromatic heterocycles. The topological polar surface area (TPSA) is 17.3 Å². The van der Waals surface area contributed by atoms with E-state index in [0.29, 0.717) is 0 Å². The van der Waals surface area contributed by atoms with E-state index in [1.807, 2.05) is 6.07 Å². The van der Waals surface area contributed by atoms with Crippen LogP contribution in [0, 0.1) is 0 Å². The average Bonchev–Trinajstić information content (AvgIpc) is 2.79. The number of aryl methyl sites for hydroxylation is 2. The molecule has 0 spiro atoms. The van der Waals surface area contributed by atoms with Crippen molar-refractivity contribution in [2.24, 2.45) is 4.99 Å². The molecule has 0 unspecified atom stereocenters. The molecule has 2 aliphatic rings. The van der Waals surface area contributed by atoms with Gasteiger partial charge in [0.1, 0.15) is 0 Å². The predicted octanol–water partition coefficient (Wildman–Crippen LogP) is 3.73. The maximum Gasteiger partial charge on any atom is 0.0626 e. The summed E-state index contributed by atoms with van der Waals surface area (Å²) in [7, 11) is 0. The molecule has 0 fully saturated rings. The third-order valence-electron chi connectivity index (χ3n) is 4.21. The maximum atomic E-state index is 6.19. The highest BCUT2D eigenvalue weighted by Gasteiger charge is 2.24. The Kier molecular flexibility index (Phi) is 2.36. The molecule has 2 heterocycles. The van der Waals surface area contributed by atoms with Gasteiger partial charge in [0.15, 0.2) is 0 Å². The molecule has 0 saturated heterocycles. The van der Waals surface area contributed by atoms with E-state index in [1.54, 1.807) is 0 Å². The summed E-state index contributed by atoms with van der Waals surface area (Å²) in [4.78, 5) is 4.56. The largest absolute Gasteiger partial charge is 0.337 e. The lowest BCUT2D eigenvalue weighted by Crippen LogP contribution is -2.17. The third-order valence-corrected chi connectivity index (χ3v) is 4.44. The molecule has 3 heteroatoms. The molecule has 4 rings (SSSR count). The van der Waals surface area contributed by atoms with E-state index < -0.39 is 0 Å². The van der Waals surface area contributed by atoms with Crippen molar-refractivity contribution in [3.05, 3.63) is 46.1 Å². The molecular weight excluding hydrogens is 256 g/mol. The van der Waals surface area contributed by atoms with Crippen molar-refractivity contribution in [2.75, 3.05) is 6.54 Å². The van der Waals surface area contributed by atoms with Crippen LogP contribution in [0.1, 0.15) is 23.7 Å². The van der Waals surface area contributed by atoms with Gasteiger partial charge in [0.05, 0.1) is 23.6 Å². The number of benzene rings is 1. The first-order valence-corrected chi connectivity index (χ1v) is 7.14. The minimum Gasteiger partial charge on any atom is -0.337 e. The molecule has 1 aliphatic heterocycles. The fourth-order valence-electron chi connectivity index (χ4n) is 3.30. The van der Waals surface area contributed by atoms with Gasteiger partial charge in [0.25, 0.3) is 0 Å². The first-order valence-electron chi connectivity index (χ1n) is 6.76. The molecule has 96 valence electrons. The number of aromatic nitrogens is 1. The zero-order valence-corrected chi connectivity index (χ0v) is 11.7. The second-order valence-corrected chi connectivity index (χ2v) is 5.76. The SMILES string of the molecule is CC1=NCCn2c1cc1c2-c2cc(Cl)ccc2CC1. The zero-order chi connectivity index (χ0) is 13.0. The first kappa shape index (κ1) is 11.3. The van der Waals surface area contributed by atoms with Crippen LogP contribution >= 0.6 is 11.6 Å². The van der Waals surface area contributed by atoms with Crippen molar-refractivity contribution < 1.29 is 0 Å². The fraction of sp³-hybridized carbons (Fsp3) is 0.312. The molecule has 19 heavy (non-hydrogen) atoms. The Morgan fingerprint density at radius 3 is 2.89 bits per heavy atom. The van der Waals surface area contributed by atoms with Crippen LogP contribution < -0.4 is 0 Å². The third kappa shape index (κ3) is 1.59. The van der Waals surface area contributed by atoms with Crippen LogP contribution in [0.25, 0.3) is 11.3 Å². The number of hydrogen-bond donors (Lipinski definition) is 0. The van der Waals surface area contributed by atoms with Crippen molar-refractivity contribution in [1.82, 2.24) is 4.57 Å². The van der Waals surface area contributed by atoms with E-state index >= 15 is 0 Å². The summed E-state index contributed by atoms with van der Waals surface area (Å²) < 4.78 is 2.42. The summed E-state index contributed by atoms with van der Waals surface area (Å²) in [5.41, 5.74) is 7.98. The van der Waals surface area contributed by atoms with Crippen molar-refractivity contribution in [2.45, 2.75) is 26.3 Å². The standard InChI is InChI=1S/C16H15ClN2/c1-10-15-8-12-3-2-11-4-5-13(17)9-14(11)16(12)19(15)7-6-18-10/h4-5,8-9H,2-3,6-7H2,1H3. The number of hydrogen-bond acceptors (Lipinski definition) is 1. The lowest BCUT2D eigenvalue weighted by Gasteiger charge is -2.22. The first-order chi connectivity index (χ1) is 9.24. The van der Waals surface area contributed by atoms with Gasteiger partial charge in [0.2, 0.25) is 0 Å². The van der Waals surface area contributed by atoms with E-state index in [-0.39, 0.29) is 0 Å². The fourth-order valence-corrected chi connectivity index (χ4v) is 3.47. The molecular formula is C16H15ClN2. The van der Waals surface area contributed by atoms with Gasteiger partial charge in [-0.15, -0.1) is 0 Å². The van der Waals surface area contributed by atoms with E-state index in [1.165, 1.54) is 28.1 Å². The van der Waals surface area contributed by atoms with Gasteiger partial charge in [-0.05, 0) is 49.1 Å². The predicted molar refractivity (Wildman–Crippen MR) is 79.4 cm³/mol. The molecule has 0 saturated carbocycles. The van der Waals surface area contributed by atoms with Crippen molar-refractivity contribution in [3.8, 4) is 11.3 Å². The summed E-state index contributed by atoms with van der Waals surface area (Å²) >= 11 is 6.19. The van der Waals surface area contributed by atoms with Crippen LogP contribution in [0.4, 0.5) is 0 Å². The monoisotopic (exact) mass is 270 g/mol. The van der Waals surface area contributed by atoms with Gasteiger partial charge in [0, 0.05) is 17.1 Å². The van der Waals surface area contributed by atoms with E-state index in [4.69, 9.17) is 11.6 Å². The molecule has 0 N–H and O–H groups in total. The van der Waals surface area contributed by atoms with Gasteiger partial charge in [-0.25, -0.2) is 0 Å². The van der Waals surface area contributed by atoms with Crippen molar-refractivity contribution >= 4 is 17.3 Å². The molecule has 1 aromatic carbocycles. The number of aliphatic imine (C=N–C) groups is 1. The average molecular weight is 271 g/mol. The quantitative estimate of drug-likeness (QED) is 0.694.